The molecule has 0 unspecified atom stereocenters. The van der Waals surface area contributed by atoms with Crippen molar-refractivity contribution in [1.29, 1.82) is 0 Å². The zero-order chi connectivity index (χ0) is 11.3. The van der Waals surface area contributed by atoms with E-state index in [0.29, 0.717) is 5.69 Å². The van der Waals surface area contributed by atoms with Crippen molar-refractivity contribution in [3.63, 3.8) is 0 Å². The molecular weight excluding hydrogens is 198 g/mol. The Balaban J connectivity index is 2.76. The Morgan fingerprint density at radius 3 is 2.33 bits per heavy atom. The van der Waals surface area contributed by atoms with Crippen molar-refractivity contribution >= 4 is 23.2 Å². The summed E-state index contributed by atoms with van der Waals surface area (Å²) in [7, 11) is 0. The van der Waals surface area contributed by atoms with Crippen LogP contribution in [0.1, 0.15) is 0 Å². The first-order valence-electron chi connectivity index (χ1n) is 4.03. The monoisotopic (exact) mass is 207 g/mol. The molecule has 4 N–H and O–H groups in total. The van der Waals surface area contributed by atoms with Crippen LogP contribution in [0.2, 0.25) is 0 Å². The van der Waals surface area contributed by atoms with Crippen LogP contribution in [-0.2, 0) is 9.59 Å². The third-order valence-corrected chi connectivity index (χ3v) is 1.58. The van der Waals surface area contributed by atoms with E-state index in [1.54, 1.807) is 30.3 Å². The number of hydrogen-bond donors (Lipinski definition) is 3. The molecule has 15 heavy (non-hydrogen) atoms. The molecule has 0 fully saturated rings. The van der Waals surface area contributed by atoms with E-state index >= 15 is 0 Å². The summed E-state index contributed by atoms with van der Waals surface area (Å²) >= 11 is 0. The lowest BCUT2D eigenvalue weighted by molar-refractivity contribution is -0.115. The lowest BCUT2D eigenvalue weighted by atomic mass is 10.3. The Bertz CT molecular complexity index is 400. The van der Waals surface area contributed by atoms with E-state index in [-0.39, 0.29) is 0 Å². The zero-order valence-corrected chi connectivity index (χ0v) is 7.68. The molecule has 1 rings (SSSR count). The maximum Gasteiger partial charge on any atom is 0.283 e. The molecule has 0 aliphatic carbocycles. The van der Waals surface area contributed by atoms with Gasteiger partial charge in [-0.05, 0) is 12.1 Å². The van der Waals surface area contributed by atoms with E-state index in [1.165, 1.54) is 0 Å². The fourth-order valence-corrected chi connectivity index (χ4v) is 0.918. The van der Waals surface area contributed by atoms with Gasteiger partial charge in [0.05, 0.1) is 0 Å². The summed E-state index contributed by atoms with van der Waals surface area (Å²) in [5, 5.41) is 13.2. The molecule has 0 radical (unpaired) electrons. The Labute approximate surface area is 85.4 Å². The average molecular weight is 207 g/mol. The van der Waals surface area contributed by atoms with E-state index in [9.17, 15) is 9.59 Å². The van der Waals surface area contributed by atoms with E-state index in [1.807, 2.05) is 0 Å². The van der Waals surface area contributed by atoms with Crippen molar-refractivity contribution in [1.82, 2.24) is 0 Å². The normalized spacial score (nSPS) is 10.8. The minimum absolute atomic E-state index is 0.477. The number of amides is 2. The minimum atomic E-state index is -1.09. The van der Waals surface area contributed by atoms with Crippen molar-refractivity contribution < 1.29 is 14.8 Å². The minimum Gasteiger partial charge on any atom is -0.410 e. The Morgan fingerprint density at radius 2 is 1.87 bits per heavy atom. The zero-order valence-electron chi connectivity index (χ0n) is 7.68. The van der Waals surface area contributed by atoms with Gasteiger partial charge in [-0.25, -0.2) is 0 Å². The molecule has 0 aliphatic rings. The first kappa shape index (κ1) is 10.7. The van der Waals surface area contributed by atoms with Gasteiger partial charge in [-0.15, -0.1) is 0 Å². The van der Waals surface area contributed by atoms with Crippen LogP contribution in [0.3, 0.4) is 0 Å². The first-order chi connectivity index (χ1) is 7.15. The molecule has 1 aromatic rings. The van der Waals surface area contributed by atoms with E-state index in [2.05, 4.69) is 10.5 Å². The molecule has 2 amide bonds. The molecule has 0 aromatic heterocycles. The topological polar surface area (TPSA) is 105 Å². The second kappa shape index (κ2) is 4.75. The highest BCUT2D eigenvalue weighted by molar-refractivity contribution is 6.66. The number of benzene rings is 1. The van der Waals surface area contributed by atoms with E-state index in [4.69, 9.17) is 10.9 Å². The van der Waals surface area contributed by atoms with Crippen LogP contribution >= 0.6 is 0 Å². The van der Waals surface area contributed by atoms with Gasteiger partial charge in [0.2, 0.25) is 5.71 Å². The SMILES string of the molecule is NC(=O)C(=NO)C(=O)Nc1ccccc1. The number of hydrogen-bond acceptors (Lipinski definition) is 4. The Kier molecular flexibility index (Phi) is 3.39. The highest BCUT2D eigenvalue weighted by Gasteiger charge is 2.18. The maximum absolute atomic E-state index is 11.3. The van der Waals surface area contributed by atoms with Gasteiger partial charge in [0, 0.05) is 5.69 Å². The highest BCUT2D eigenvalue weighted by Crippen LogP contribution is 2.04. The molecule has 6 nitrogen and oxygen atoms in total. The Hall–Kier alpha value is -2.37. The van der Waals surface area contributed by atoms with Crippen LogP contribution in [0, 0.1) is 0 Å². The summed E-state index contributed by atoms with van der Waals surface area (Å²) in [5.41, 5.74) is 4.55. The molecule has 0 bridgehead atoms. The summed E-state index contributed by atoms with van der Waals surface area (Å²) < 4.78 is 0. The van der Waals surface area contributed by atoms with Gasteiger partial charge in [0.25, 0.3) is 11.8 Å². The van der Waals surface area contributed by atoms with Gasteiger partial charge >= 0.3 is 0 Å². The van der Waals surface area contributed by atoms with Crippen LogP contribution in [0.15, 0.2) is 35.5 Å². The van der Waals surface area contributed by atoms with Gasteiger partial charge in [0.1, 0.15) is 0 Å². The molecule has 0 saturated carbocycles. The number of carbonyl (C=O) groups is 2. The fraction of sp³-hybridized carbons (Fsp3) is 0. The van der Waals surface area contributed by atoms with Gasteiger partial charge in [-0.2, -0.15) is 0 Å². The molecule has 1 aromatic carbocycles. The molecule has 0 atom stereocenters. The summed E-state index contributed by atoms with van der Waals surface area (Å²) in [5.74, 6) is -1.94. The third kappa shape index (κ3) is 2.80. The van der Waals surface area contributed by atoms with Crippen molar-refractivity contribution in [2.24, 2.45) is 10.9 Å². The molecule has 0 heterocycles. The van der Waals surface area contributed by atoms with Crippen molar-refractivity contribution in [3.8, 4) is 0 Å². The number of para-hydroxylation sites is 1. The molecular formula is C9H9N3O3. The quantitative estimate of drug-likeness (QED) is 0.280. The second-order valence-electron chi connectivity index (χ2n) is 2.63. The van der Waals surface area contributed by atoms with Gasteiger partial charge in [0.15, 0.2) is 0 Å². The number of rotatable bonds is 3. The van der Waals surface area contributed by atoms with Crippen molar-refractivity contribution in [2.45, 2.75) is 0 Å². The number of oxime groups is 1. The lowest BCUT2D eigenvalue weighted by Gasteiger charge is -2.03. The molecule has 0 saturated heterocycles. The van der Waals surface area contributed by atoms with Crippen LogP contribution in [0.5, 0.6) is 0 Å². The standard InChI is InChI=1S/C9H9N3O3/c10-8(13)7(12-15)9(14)11-6-4-2-1-3-5-6/h1-5,15H,(H2,10,13)(H,11,14). The summed E-state index contributed by atoms with van der Waals surface area (Å²) in [6.07, 6.45) is 0. The van der Waals surface area contributed by atoms with Gasteiger partial charge in [-0.3, -0.25) is 9.59 Å². The third-order valence-electron chi connectivity index (χ3n) is 1.58. The van der Waals surface area contributed by atoms with Crippen molar-refractivity contribution in [2.75, 3.05) is 5.32 Å². The number of nitrogens with two attached hydrogens (primary N) is 1. The van der Waals surface area contributed by atoms with E-state index < -0.39 is 17.5 Å². The van der Waals surface area contributed by atoms with Crippen LogP contribution < -0.4 is 11.1 Å². The molecule has 0 spiro atoms. The summed E-state index contributed by atoms with van der Waals surface area (Å²) in [6, 6.07) is 8.41. The average Bonchev–Trinajstić information content (AvgIpc) is 2.19. The molecule has 6 heteroatoms. The van der Waals surface area contributed by atoms with E-state index in [0.717, 1.165) is 0 Å². The van der Waals surface area contributed by atoms with Crippen LogP contribution in [0.25, 0.3) is 0 Å². The lowest BCUT2D eigenvalue weighted by Crippen LogP contribution is -2.34. The van der Waals surface area contributed by atoms with Crippen LogP contribution in [0.4, 0.5) is 5.69 Å². The van der Waals surface area contributed by atoms with Gasteiger partial charge < -0.3 is 16.3 Å². The number of nitrogens with one attached hydrogen (secondary N) is 1. The fourth-order valence-electron chi connectivity index (χ4n) is 0.918. The number of anilines is 1. The number of nitrogens with zero attached hydrogens (tertiary/aromatic N) is 1. The first-order valence-corrected chi connectivity index (χ1v) is 4.03. The van der Waals surface area contributed by atoms with Crippen molar-refractivity contribution in [3.05, 3.63) is 30.3 Å². The summed E-state index contributed by atoms with van der Waals surface area (Å²) in [4.78, 5) is 21.9. The maximum atomic E-state index is 11.3. The number of primary amides is 1. The largest absolute Gasteiger partial charge is 0.410 e. The predicted octanol–water partition coefficient (Wildman–Crippen LogP) is -0.0594. The highest BCUT2D eigenvalue weighted by atomic mass is 16.4. The predicted molar refractivity (Wildman–Crippen MR) is 53.5 cm³/mol. The Morgan fingerprint density at radius 1 is 1.27 bits per heavy atom. The second-order valence-corrected chi connectivity index (χ2v) is 2.63. The number of carbonyl (C=O) groups excluding carboxylic acids is 2. The van der Waals surface area contributed by atoms with Crippen LogP contribution in [-0.4, -0.2) is 22.7 Å². The molecule has 78 valence electrons. The smallest absolute Gasteiger partial charge is 0.283 e. The summed E-state index contributed by atoms with van der Waals surface area (Å²) in [6.45, 7) is 0. The van der Waals surface area contributed by atoms with Gasteiger partial charge in [-0.1, -0.05) is 23.4 Å². The molecule has 0 aliphatic heterocycles.